The molecule has 5 rings (SSSR count). The molecule has 0 aliphatic carbocycles. The predicted octanol–water partition coefficient (Wildman–Crippen LogP) is 5.20. The lowest BCUT2D eigenvalue weighted by Crippen LogP contribution is -2.50. The Balaban J connectivity index is 1.33. The van der Waals surface area contributed by atoms with Gasteiger partial charge in [-0.2, -0.15) is 0 Å². The van der Waals surface area contributed by atoms with Crippen LogP contribution >= 0.6 is 11.6 Å². The van der Waals surface area contributed by atoms with Crippen molar-refractivity contribution < 1.29 is 14.3 Å². The maximum absolute atomic E-state index is 13.4. The maximum atomic E-state index is 13.4. The highest BCUT2D eigenvalue weighted by Crippen LogP contribution is 2.28. The molecule has 3 aromatic rings. The van der Waals surface area contributed by atoms with Crippen LogP contribution in [0.5, 0.6) is 5.75 Å². The van der Waals surface area contributed by atoms with E-state index in [4.69, 9.17) is 16.3 Å². The number of halogens is 1. The monoisotopic (exact) mass is 491 g/mol. The van der Waals surface area contributed by atoms with Crippen LogP contribution in [0.3, 0.4) is 0 Å². The van der Waals surface area contributed by atoms with Gasteiger partial charge >= 0.3 is 0 Å². The summed E-state index contributed by atoms with van der Waals surface area (Å²) in [6, 6.07) is 18.8. The number of carbonyl (C=O) groups excluding carboxylic acids is 2. The number of amides is 2. The van der Waals surface area contributed by atoms with E-state index in [1.165, 1.54) is 6.42 Å². The first-order valence-electron chi connectivity index (χ1n) is 12.4. The van der Waals surface area contributed by atoms with Gasteiger partial charge in [0.15, 0.2) is 0 Å². The number of para-hydroxylation sites is 1. The number of rotatable bonds is 5. The van der Waals surface area contributed by atoms with E-state index in [1.807, 2.05) is 52.3 Å². The van der Waals surface area contributed by atoms with Crippen molar-refractivity contribution in [3.63, 3.8) is 0 Å². The van der Waals surface area contributed by atoms with Crippen LogP contribution in [0.25, 0.3) is 10.9 Å². The molecule has 2 aromatic carbocycles. The molecule has 182 valence electrons. The highest BCUT2D eigenvalue weighted by Gasteiger charge is 2.36. The number of ether oxygens (including phenoxy) is 1. The zero-order chi connectivity index (χ0) is 24.2. The van der Waals surface area contributed by atoms with Crippen molar-refractivity contribution in [3.05, 3.63) is 71.4 Å². The lowest BCUT2D eigenvalue weighted by Gasteiger charge is -2.39. The van der Waals surface area contributed by atoms with Crippen molar-refractivity contribution in [2.75, 3.05) is 26.2 Å². The molecule has 2 fully saturated rings. The summed E-state index contributed by atoms with van der Waals surface area (Å²) in [5, 5.41) is 1.65. The van der Waals surface area contributed by atoms with E-state index in [2.05, 4.69) is 4.98 Å². The van der Waals surface area contributed by atoms with Crippen LogP contribution in [0, 0.1) is 5.92 Å². The van der Waals surface area contributed by atoms with Gasteiger partial charge in [0, 0.05) is 55.3 Å². The zero-order valence-electron chi connectivity index (χ0n) is 19.7. The Kier molecular flexibility index (Phi) is 7.19. The molecular weight excluding hydrogens is 462 g/mol. The Morgan fingerprint density at radius 3 is 2.49 bits per heavy atom. The third-order valence-corrected chi connectivity index (χ3v) is 7.27. The minimum Gasteiger partial charge on any atom is -0.490 e. The Labute approximate surface area is 210 Å². The van der Waals surface area contributed by atoms with E-state index in [0.717, 1.165) is 42.6 Å². The minimum atomic E-state index is -0.154. The number of hydrogen-bond donors (Lipinski definition) is 0. The first kappa shape index (κ1) is 23.6. The van der Waals surface area contributed by atoms with Crippen LogP contribution in [-0.4, -0.2) is 58.9 Å². The molecule has 2 aliphatic heterocycles. The number of likely N-dealkylation sites (tertiary alicyclic amines) is 2. The molecule has 3 heterocycles. The van der Waals surface area contributed by atoms with E-state index in [0.29, 0.717) is 36.6 Å². The SMILES string of the molecule is O=C(C[C@H]1CN(C(=O)c2ccc3ccccc3n2)CC[C@@H]1Oc1ccc(Cl)cc1)N1CCCCC1. The second kappa shape index (κ2) is 10.6. The van der Waals surface area contributed by atoms with Gasteiger partial charge in [-0.15, -0.1) is 0 Å². The summed E-state index contributed by atoms with van der Waals surface area (Å²) >= 11 is 6.03. The van der Waals surface area contributed by atoms with Crippen LogP contribution in [0.4, 0.5) is 0 Å². The summed E-state index contributed by atoms with van der Waals surface area (Å²) in [7, 11) is 0. The quantitative estimate of drug-likeness (QED) is 0.492. The molecule has 0 bridgehead atoms. The van der Waals surface area contributed by atoms with E-state index in [-0.39, 0.29) is 23.8 Å². The van der Waals surface area contributed by atoms with Crippen LogP contribution in [-0.2, 0) is 4.79 Å². The van der Waals surface area contributed by atoms with E-state index >= 15 is 0 Å². The van der Waals surface area contributed by atoms with Gasteiger partial charge in [-0.05, 0) is 55.7 Å². The molecule has 0 N–H and O–H groups in total. The molecule has 7 heteroatoms. The molecule has 0 saturated carbocycles. The smallest absolute Gasteiger partial charge is 0.272 e. The topological polar surface area (TPSA) is 62.7 Å². The maximum Gasteiger partial charge on any atom is 0.272 e. The number of pyridine rings is 1. The molecule has 2 saturated heterocycles. The Morgan fingerprint density at radius 2 is 1.69 bits per heavy atom. The molecule has 2 atom stereocenters. The standard InChI is InChI=1S/C28H30ClN3O3/c29-22-9-11-23(12-10-22)35-26-14-17-32(19-21(26)18-27(33)31-15-4-1-5-16-31)28(34)25-13-8-20-6-2-3-7-24(20)30-25/h2-3,6-13,21,26H,1,4-5,14-19H2/t21-,26-/m0/s1. The lowest BCUT2D eigenvalue weighted by atomic mass is 9.90. The minimum absolute atomic E-state index is 0.0988. The molecule has 0 unspecified atom stereocenters. The van der Waals surface area contributed by atoms with Crippen LogP contribution in [0.2, 0.25) is 5.02 Å². The van der Waals surface area contributed by atoms with Crippen molar-refractivity contribution in [1.82, 2.24) is 14.8 Å². The first-order chi connectivity index (χ1) is 17.1. The molecule has 1 aromatic heterocycles. The average molecular weight is 492 g/mol. The summed E-state index contributed by atoms with van der Waals surface area (Å²) < 4.78 is 6.32. The Morgan fingerprint density at radius 1 is 0.914 bits per heavy atom. The molecule has 2 amide bonds. The molecule has 2 aliphatic rings. The normalized spacial score (nSPS) is 20.6. The van der Waals surface area contributed by atoms with E-state index in [1.54, 1.807) is 18.2 Å². The van der Waals surface area contributed by atoms with Gasteiger partial charge in [-0.3, -0.25) is 9.59 Å². The lowest BCUT2D eigenvalue weighted by molar-refractivity contribution is -0.134. The fraction of sp³-hybridized carbons (Fsp3) is 0.393. The van der Waals surface area contributed by atoms with Crippen molar-refractivity contribution in [2.24, 2.45) is 5.92 Å². The number of carbonyl (C=O) groups is 2. The second-order valence-corrected chi connectivity index (χ2v) is 9.88. The largest absolute Gasteiger partial charge is 0.490 e. The fourth-order valence-corrected chi connectivity index (χ4v) is 5.20. The van der Waals surface area contributed by atoms with Crippen molar-refractivity contribution >= 4 is 34.3 Å². The zero-order valence-corrected chi connectivity index (χ0v) is 20.5. The van der Waals surface area contributed by atoms with Gasteiger partial charge in [0.25, 0.3) is 5.91 Å². The summed E-state index contributed by atoms with van der Waals surface area (Å²) in [5.74, 6) is 0.678. The third kappa shape index (κ3) is 5.59. The molecule has 35 heavy (non-hydrogen) atoms. The van der Waals surface area contributed by atoms with Gasteiger partial charge in [-0.1, -0.05) is 35.9 Å². The Hall–Kier alpha value is -3.12. The number of piperidine rings is 2. The van der Waals surface area contributed by atoms with Gasteiger partial charge < -0.3 is 14.5 Å². The van der Waals surface area contributed by atoms with Gasteiger partial charge in [-0.25, -0.2) is 4.98 Å². The number of fused-ring (bicyclic) bond motifs is 1. The number of hydrogen-bond acceptors (Lipinski definition) is 4. The average Bonchev–Trinajstić information content (AvgIpc) is 2.90. The molecule has 0 radical (unpaired) electrons. The van der Waals surface area contributed by atoms with Crippen LogP contribution in [0.15, 0.2) is 60.7 Å². The summed E-state index contributed by atoms with van der Waals surface area (Å²) in [6.07, 6.45) is 4.15. The van der Waals surface area contributed by atoms with Crippen molar-refractivity contribution in [1.29, 1.82) is 0 Å². The first-order valence-corrected chi connectivity index (χ1v) is 12.8. The van der Waals surface area contributed by atoms with Crippen LogP contribution < -0.4 is 4.74 Å². The van der Waals surface area contributed by atoms with E-state index in [9.17, 15) is 9.59 Å². The second-order valence-electron chi connectivity index (χ2n) is 9.44. The third-order valence-electron chi connectivity index (χ3n) is 7.02. The summed E-state index contributed by atoms with van der Waals surface area (Å²) in [6.45, 7) is 2.65. The Bertz CT molecular complexity index is 1190. The molecule has 0 spiro atoms. The van der Waals surface area contributed by atoms with Gasteiger partial charge in [0.2, 0.25) is 5.91 Å². The van der Waals surface area contributed by atoms with Gasteiger partial charge in [0.05, 0.1) is 5.52 Å². The number of aromatic nitrogens is 1. The molecular formula is C28H30ClN3O3. The van der Waals surface area contributed by atoms with Crippen molar-refractivity contribution in [2.45, 2.75) is 38.2 Å². The highest BCUT2D eigenvalue weighted by atomic mass is 35.5. The number of benzene rings is 2. The van der Waals surface area contributed by atoms with Crippen molar-refractivity contribution in [3.8, 4) is 5.75 Å². The molecule has 6 nitrogen and oxygen atoms in total. The highest BCUT2D eigenvalue weighted by molar-refractivity contribution is 6.30. The summed E-state index contributed by atoms with van der Waals surface area (Å²) in [5.41, 5.74) is 1.23. The van der Waals surface area contributed by atoms with E-state index < -0.39 is 0 Å². The summed E-state index contributed by atoms with van der Waals surface area (Å²) in [4.78, 5) is 34.9. The van der Waals surface area contributed by atoms with Crippen LogP contribution in [0.1, 0.15) is 42.6 Å². The fourth-order valence-electron chi connectivity index (χ4n) is 5.08. The number of nitrogens with zero attached hydrogens (tertiary/aromatic N) is 3. The van der Waals surface area contributed by atoms with Gasteiger partial charge in [0.1, 0.15) is 17.5 Å². The predicted molar refractivity (Wildman–Crippen MR) is 137 cm³/mol.